The second kappa shape index (κ2) is 5.20. The summed E-state index contributed by atoms with van der Waals surface area (Å²) in [5.74, 6) is -0.419. The van der Waals surface area contributed by atoms with Gasteiger partial charge in [0.25, 0.3) is 0 Å². The molecule has 0 radical (unpaired) electrons. The Kier molecular flexibility index (Phi) is 3.64. The van der Waals surface area contributed by atoms with Crippen LogP contribution in [0.15, 0.2) is 35.0 Å². The molecule has 0 unspecified atom stereocenters. The van der Waals surface area contributed by atoms with Gasteiger partial charge in [-0.1, -0.05) is 6.07 Å². The van der Waals surface area contributed by atoms with Crippen molar-refractivity contribution in [2.75, 3.05) is 0 Å². The summed E-state index contributed by atoms with van der Waals surface area (Å²) < 4.78 is 4.84. The fourth-order valence-corrected chi connectivity index (χ4v) is 2.31. The molecule has 0 saturated heterocycles. The first-order chi connectivity index (χ1) is 8.58. The van der Waals surface area contributed by atoms with Gasteiger partial charge in [0.15, 0.2) is 11.5 Å². The Hall–Kier alpha value is -1.85. The minimum atomic E-state index is -0.472. The summed E-state index contributed by atoms with van der Waals surface area (Å²) in [5.41, 5.74) is 7.82. The quantitative estimate of drug-likeness (QED) is 0.659. The number of thiophene rings is 1. The highest BCUT2D eigenvalue weighted by Gasteiger charge is 2.13. The summed E-state index contributed by atoms with van der Waals surface area (Å²) in [7, 11) is 0. The monoisotopic (exact) mass is 263 g/mol. The normalized spacial score (nSPS) is 12.1. The number of ether oxygens (including phenoxy) is 1. The number of esters is 1. The molecule has 1 aromatic heterocycles. The Balaban J connectivity index is 2.26. The van der Waals surface area contributed by atoms with Crippen LogP contribution in [0.1, 0.15) is 24.1 Å². The SMILES string of the molecule is CC(=O)Oc1ccc([C@@H](N)c2ccsc2)cc1O. The second-order valence-corrected chi connectivity index (χ2v) is 4.64. The fraction of sp³-hybridized carbons (Fsp3) is 0.154. The number of phenols is 1. The van der Waals surface area contributed by atoms with Crippen molar-refractivity contribution in [1.82, 2.24) is 0 Å². The summed E-state index contributed by atoms with van der Waals surface area (Å²) in [4.78, 5) is 10.8. The number of hydrogen-bond acceptors (Lipinski definition) is 5. The van der Waals surface area contributed by atoms with E-state index in [1.54, 1.807) is 17.4 Å². The van der Waals surface area contributed by atoms with Crippen LogP contribution in [0.25, 0.3) is 0 Å². The van der Waals surface area contributed by atoms with E-state index in [9.17, 15) is 9.90 Å². The van der Waals surface area contributed by atoms with Crippen molar-refractivity contribution in [1.29, 1.82) is 0 Å². The average Bonchev–Trinajstić information content (AvgIpc) is 2.84. The van der Waals surface area contributed by atoms with Crippen LogP contribution in [0.4, 0.5) is 0 Å². The molecule has 2 aromatic rings. The van der Waals surface area contributed by atoms with Crippen molar-refractivity contribution in [3.05, 3.63) is 46.2 Å². The lowest BCUT2D eigenvalue weighted by Crippen LogP contribution is -2.11. The summed E-state index contributed by atoms with van der Waals surface area (Å²) in [6, 6.07) is 6.43. The molecule has 0 fully saturated rings. The highest BCUT2D eigenvalue weighted by molar-refractivity contribution is 7.08. The minimum absolute atomic E-state index is 0.0895. The van der Waals surface area contributed by atoms with E-state index in [4.69, 9.17) is 10.5 Å². The zero-order valence-electron chi connectivity index (χ0n) is 9.79. The van der Waals surface area contributed by atoms with Crippen LogP contribution in [0, 0.1) is 0 Å². The predicted octanol–water partition coefficient (Wildman–Crippen LogP) is 2.43. The summed E-state index contributed by atoms with van der Waals surface area (Å²) in [6.07, 6.45) is 0. The van der Waals surface area contributed by atoms with E-state index in [2.05, 4.69) is 0 Å². The predicted molar refractivity (Wildman–Crippen MR) is 69.8 cm³/mol. The van der Waals surface area contributed by atoms with E-state index in [0.29, 0.717) is 0 Å². The summed E-state index contributed by atoms with van der Waals surface area (Å²) >= 11 is 1.57. The molecule has 0 saturated carbocycles. The van der Waals surface area contributed by atoms with Crippen LogP contribution in [0.3, 0.4) is 0 Å². The molecule has 0 amide bonds. The molecule has 0 aliphatic rings. The lowest BCUT2D eigenvalue weighted by atomic mass is 10.0. The van der Waals surface area contributed by atoms with E-state index in [0.717, 1.165) is 11.1 Å². The van der Waals surface area contributed by atoms with E-state index in [1.807, 2.05) is 16.8 Å². The van der Waals surface area contributed by atoms with Crippen molar-refractivity contribution >= 4 is 17.3 Å². The maximum atomic E-state index is 10.8. The third kappa shape index (κ3) is 2.69. The van der Waals surface area contributed by atoms with Gasteiger partial charge in [0, 0.05) is 6.92 Å². The molecule has 0 bridgehead atoms. The molecule has 5 heteroatoms. The third-order valence-corrected chi connectivity index (χ3v) is 3.20. The maximum Gasteiger partial charge on any atom is 0.308 e. The minimum Gasteiger partial charge on any atom is -0.504 e. The molecule has 0 aliphatic carbocycles. The van der Waals surface area contributed by atoms with Crippen LogP contribution in [-0.2, 0) is 4.79 Å². The first-order valence-electron chi connectivity index (χ1n) is 5.37. The largest absolute Gasteiger partial charge is 0.504 e. The van der Waals surface area contributed by atoms with Gasteiger partial charge in [-0.15, -0.1) is 0 Å². The van der Waals surface area contributed by atoms with Gasteiger partial charge in [0.05, 0.1) is 6.04 Å². The summed E-state index contributed by atoms with van der Waals surface area (Å²) in [6.45, 7) is 1.28. The molecule has 1 heterocycles. The molecule has 18 heavy (non-hydrogen) atoms. The molecule has 1 aromatic carbocycles. The van der Waals surface area contributed by atoms with Crippen LogP contribution >= 0.6 is 11.3 Å². The van der Waals surface area contributed by atoms with Crippen LogP contribution in [0.2, 0.25) is 0 Å². The molecular formula is C13H13NO3S. The van der Waals surface area contributed by atoms with Crippen molar-refractivity contribution < 1.29 is 14.6 Å². The number of nitrogens with two attached hydrogens (primary N) is 1. The third-order valence-electron chi connectivity index (χ3n) is 2.50. The average molecular weight is 263 g/mol. The number of phenolic OH excluding ortho intramolecular Hbond substituents is 1. The lowest BCUT2D eigenvalue weighted by Gasteiger charge is -2.12. The number of hydrogen-bond donors (Lipinski definition) is 2. The molecule has 94 valence electrons. The van der Waals surface area contributed by atoms with Gasteiger partial charge in [0.2, 0.25) is 0 Å². The molecule has 0 spiro atoms. The van der Waals surface area contributed by atoms with E-state index in [1.165, 1.54) is 19.1 Å². The smallest absolute Gasteiger partial charge is 0.308 e. The molecular weight excluding hydrogens is 250 g/mol. The van der Waals surface area contributed by atoms with Gasteiger partial charge in [0.1, 0.15) is 0 Å². The number of aromatic hydroxyl groups is 1. The Morgan fingerprint density at radius 2 is 2.17 bits per heavy atom. The Labute approximate surface area is 109 Å². The Morgan fingerprint density at radius 3 is 2.72 bits per heavy atom. The molecule has 4 nitrogen and oxygen atoms in total. The Morgan fingerprint density at radius 1 is 1.39 bits per heavy atom. The number of carbonyl (C=O) groups is 1. The van der Waals surface area contributed by atoms with E-state index >= 15 is 0 Å². The maximum absolute atomic E-state index is 10.8. The highest BCUT2D eigenvalue weighted by atomic mass is 32.1. The van der Waals surface area contributed by atoms with Gasteiger partial charge >= 0.3 is 5.97 Å². The van der Waals surface area contributed by atoms with Crippen molar-refractivity contribution in [2.45, 2.75) is 13.0 Å². The molecule has 2 rings (SSSR count). The second-order valence-electron chi connectivity index (χ2n) is 3.86. The lowest BCUT2D eigenvalue weighted by molar-refractivity contribution is -0.132. The topological polar surface area (TPSA) is 72.5 Å². The van der Waals surface area contributed by atoms with Gasteiger partial charge in [-0.25, -0.2) is 0 Å². The van der Waals surface area contributed by atoms with Crippen molar-refractivity contribution in [2.24, 2.45) is 5.73 Å². The van der Waals surface area contributed by atoms with Gasteiger partial charge < -0.3 is 15.6 Å². The fourth-order valence-electron chi connectivity index (χ4n) is 1.61. The standard InChI is InChI=1S/C13H13NO3S/c1-8(15)17-12-3-2-9(6-11(12)16)13(14)10-4-5-18-7-10/h2-7,13,16H,14H2,1H3/t13-/m1/s1. The summed E-state index contributed by atoms with van der Waals surface area (Å²) in [5, 5.41) is 13.7. The Bertz CT molecular complexity index is 551. The molecule has 0 aliphatic heterocycles. The highest BCUT2D eigenvalue weighted by Crippen LogP contribution is 2.31. The molecule has 1 atom stereocenters. The van der Waals surface area contributed by atoms with Crippen LogP contribution in [-0.4, -0.2) is 11.1 Å². The number of carbonyl (C=O) groups excluding carboxylic acids is 1. The van der Waals surface area contributed by atoms with E-state index < -0.39 is 5.97 Å². The first kappa shape index (κ1) is 12.6. The molecule has 3 N–H and O–H groups in total. The van der Waals surface area contributed by atoms with Crippen molar-refractivity contribution in [3.8, 4) is 11.5 Å². The van der Waals surface area contributed by atoms with Gasteiger partial charge in [-0.3, -0.25) is 4.79 Å². The first-order valence-corrected chi connectivity index (χ1v) is 6.31. The number of benzene rings is 1. The van der Waals surface area contributed by atoms with Gasteiger partial charge in [-0.05, 0) is 40.1 Å². The van der Waals surface area contributed by atoms with E-state index in [-0.39, 0.29) is 17.5 Å². The zero-order chi connectivity index (χ0) is 13.1. The van der Waals surface area contributed by atoms with Crippen molar-refractivity contribution in [3.63, 3.8) is 0 Å². The zero-order valence-corrected chi connectivity index (χ0v) is 10.6. The van der Waals surface area contributed by atoms with Crippen LogP contribution < -0.4 is 10.5 Å². The van der Waals surface area contributed by atoms with Crippen LogP contribution in [0.5, 0.6) is 11.5 Å². The van der Waals surface area contributed by atoms with Gasteiger partial charge in [-0.2, -0.15) is 11.3 Å². The number of rotatable bonds is 3.